The van der Waals surface area contributed by atoms with E-state index in [4.69, 9.17) is 0 Å². The van der Waals surface area contributed by atoms with Gasteiger partial charge < -0.3 is 4.90 Å². The molecule has 1 saturated carbocycles. The topological polar surface area (TPSA) is 20.3 Å². The Kier molecular flexibility index (Phi) is 3.67. The summed E-state index contributed by atoms with van der Waals surface area (Å²) < 4.78 is 2.02. The molecular weight excluding hydrogens is 405 g/mol. The van der Waals surface area contributed by atoms with Crippen molar-refractivity contribution in [3.05, 3.63) is 31.8 Å². The third-order valence-electron chi connectivity index (χ3n) is 4.17. The number of hydrogen-bond donors (Lipinski definition) is 0. The lowest BCUT2D eigenvalue weighted by molar-refractivity contribution is 0.0779. The zero-order chi connectivity index (χ0) is 12.7. The molecule has 1 amide bonds. The van der Waals surface area contributed by atoms with Gasteiger partial charge in [0.1, 0.15) is 0 Å². The molecule has 0 radical (unpaired) electrons. The molecule has 0 bridgehead atoms. The van der Waals surface area contributed by atoms with Crippen molar-refractivity contribution in [3.63, 3.8) is 0 Å². The van der Waals surface area contributed by atoms with Crippen LogP contribution < -0.4 is 0 Å². The summed E-state index contributed by atoms with van der Waals surface area (Å²) >= 11 is 5.69. The molecule has 0 spiro atoms. The number of hydrogen-bond acceptors (Lipinski definition) is 1. The number of nitrogens with zero attached hydrogens (tertiary/aromatic N) is 1. The van der Waals surface area contributed by atoms with E-state index in [9.17, 15) is 4.79 Å². The number of rotatable bonds is 1. The molecule has 1 aliphatic carbocycles. The van der Waals surface area contributed by atoms with Crippen LogP contribution in [0, 0.1) is 15.4 Å². The largest absolute Gasteiger partial charge is 0.338 e. The van der Waals surface area contributed by atoms with Crippen LogP contribution in [0.25, 0.3) is 0 Å². The average Bonchev–Trinajstić information content (AvgIpc) is 2.91. The molecule has 1 aliphatic heterocycles. The van der Waals surface area contributed by atoms with Crippen molar-refractivity contribution in [2.75, 3.05) is 13.1 Å². The van der Waals surface area contributed by atoms with E-state index in [0.29, 0.717) is 0 Å². The van der Waals surface area contributed by atoms with Crippen molar-refractivity contribution in [1.82, 2.24) is 4.90 Å². The second-order valence-electron chi connectivity index (χ2n) is 5.29. The zero-order valence-electron chi connectivity index (χ0n) is 10.0. The molecule has 2 atom stereocenters. The Morgan fingerprint density at radius 1 is 1.28 bits per heavy atom. The molecular formula is C14H15BrINO. The lowest BCUT2D eigenvalue weighted by atomic mass is 10.0. The Morgan fingerprint density at radius 3 is 2.61 bits per heavy atom. The summed E-state index contributed by atoms with van der Waals surface area (Å²) in [6, 6.07) is 5.92. The number of halogens is 2. The van der Waals surface area contributed by atoms with E-state index in [1.165, 1.54) is 19.3 Å². The van der Waals surface area contributed by atoms with Gasteiger partial charge in [-0.25, -0.2) is 0 Å². The first-order valence-corrected chi connectivity index (χ1v) is 8.26. The van der Waals surface area contributed by atoms with E-state index in [0.717, 1.165) is 38.5 Å². The fourth-order valence-corrected chi connectivity index (χ4v) is 4.16. The Hall–Kier alpha value is -0.100. The molecule has 3 rings (SSSR count). The van der Waals surface area contributed by atoms with Gasteiger partial charge in [-0.15, -0.1) is 0 Å². The smallest absolute Gasteiger partial charge is 0.254 e. The van der Waals surface area contributed by atoms with E-state index in [1.54, 1.807) is 0 Å². The van der Waals surface area contributed by atoms with Crippen LogP contribution in [-0.4, -0.2) is 23.9 Å². The van der Waals surface area contributed by atoms with Crippen LogP contribution in [0.15, 0.2) is 22.7 Å². The number of benzene rings is 1. The highest BCUT2D eigenvalue weighted by Gasteiger charge is 2.38. The Balaban J connectivity index is 1.81. The normalized spacial score (nSPS) is 26.4. The first-order valence-electron chi connectivity index (χ1n) is 6.39. The molecule has 1 aromatic carbocycles. The monoisotopic (exact) mass is 419 g/mol. The Bertz CT molecular complexity index is 479. The van der Waals surface area contributed by atoms with Gasteiger partial charge in [0.15, 0.2) is 0 Å². The number of amides is 1. The summed E-state index contributed by atoms with van der Waals surface area (Å²) in [7, 11) is 0. The van der Waals surface area contributed by atoms with E-state index in [-0.39, 0.29) is 5.91 Å². The highest BCUT2D eigenvalue weighted by Crippen LogP contribution is 2.38. The number of carbonyl (C=O) groups is 1. The summed E-state index contributed by atoms with van der Waals surface area (Å²) in [6.07, 6.45) is 3.97. The summed E-state index contributed by atoms with van der Waals surface area (Å²) in [5, 5.41) is 0. The minimum Gasteiger partial charge on any atom is -0.338 e. The molecule has 96 valence electrons. The molecule has 0 N–H and O–H groups in total. The van der Waals surface area contributed by atoms with Crippen LogP contribution in [-0.2, 0) is 0 Å². The summed E-state index contributed by atoms with van der Waals surface area (Å²) in [5.41, 5.74) is 0.838. The molecule has 2 unspecified atom stereocenters. The predicted octanol–water partition coefficient (Wildman–Crippen LogP) is 3.93. The van der Waals surface area contributed by atoms with Crippen LogP contribution in [0.5, 0.6) is 0 Å². The van der Waals surface area contributed by atoms with Gasteiger partial charge in [-0.3, -0.25) is 4.79 Å². The van der Waals surface area contributed by atoms with Crippen molar-refractivity contribution in [2.45, 2.75) is 19.3 Å². The molecule has 1 heterocycles. The lowest BCUT2D eigenvalue weighted by Crippen LogP contribution is -2.30. The van der Waals surface area contributed by atoms with Crippen LogP contribution in [0.3, 0.4) is 0 Å². The Morgan fingerprint density at radius 2 is 1.94 bits per heavy atom. The lowest BCUT2D eigenvalue weighted by Gasteiger charge is -2.18. The highest BCUT2D eigenvalue weighted by molar-refractivity contribution is 14.1. The van der Waals surface area contributed by atoms with Gasteiger partial charge in [0.05, 0.1) is 5.56 Å². The molecule has 1 aromatic rings. The van der Waals surface area contributed by atoms with Crippen LogP contribution in [0.1, 0.15) is 29.6 Å². The van der Waals surface area contributed by atoms with Crippen molar-refractivity contribution >= 4 is 44.4 Å². The zero-order valence-corrected chi connectivity index (χ0v) is 13.8. The maximum Gasteiger partial charge on any atom is 0.254 e. The van der Waals surface area contributed by atoms with E-state index >= 15 is 0 Å². The van der Waals surface area contributed by atoms with Gasteiger partial charge in [-0.05, 0) is 65.5 Å². The maximum absolute atomic E-state index is 12.6. The first kappa shape index (κ1) is 12.9. The van der Waals surface area contributed by atoms with Gasteiger partial charge in [-0.2, -0.15) is 0 Å². The molecule has 2 aliphatic rings. The van der Waals surface area contributed by atoms with E-state index in [2.05, 4.69) is 43.4 Å². The molecule has 2 nitrogen and oxygen atoms in total. The minimum atomic E-state index is 0.204. The van der Waals surface area contributed by atoms with Crippen molar-refractivity contribution in [1.29, 1.82) is 0 Å². The maximum atomic E-state index is 12.6. The number of fused-ring (bicyclic) bond motifs is 1. The van der Waals surface area contributed by atoms with Crippen LogP contribution in [0.2, 0.25) is 0 Å². The average molecular weight is 420 g/mol. The second kappa shape index (κ2) is 5.12. The second-order valence-corrected chi connectivity index (χ2v) is 7.36. The predicted molar refractivity (Wildman–Crippen MR) is 83.6 cm³/mol. The van der Waals surface area contributed by atoms with Gasteiger partial charge in [0.2, 0.25) is 0 Å². The quantitative estimate of drug-likeness (QED) is 0.631. The summed E-state index contributed by atoms with van der Waals surface area (Å²) in [5.74, 6) is 1.73. The van der Waals surface area contributed by atoms with Crippen LogP contribution >= 0.6 is 38.5 Å². The van der Waals surface area contributed by atoms with Crippen molar-refractivity contribution < 1.29 is 4.79 Å². The number of likely N-dealkylation sites (tertiary alicyclic amines) is 1. The Labute approximate surface area is 129 Å². The number of carbonyl (C=O) groups excluding carboxylic acids is 1. The standard InChI is InChI=1S/C14H15BrINO/c15-11-4-5-13(16)12(6-11)14(18)17-7-9-2-1-3-10(9)8-17/h4-6,9-10H,1-3,7-8H2. The van der Waals surface area contributed by atoms with Crippen LogP contribution in [0.4, 0.5) is 0 Å². The summed E-state index contributed by atoms with van der Waals surface area (Å²) in [6.45, 7) is 1.93. The van der Waals surface area contributed by atoms with Crippen molar-refractivity contribution in [3.8, 4) is 0 Å². The van der Waals surface area contributed by atoms with Gasteiger partial charge >= 0.3 is 0 Å². The third-order valence-corrected chi connectivity index (χ3v) is 5.61. The molecule has 4 heteroatoms. The first-order chi connectivity index (χ1) is 8.65. The summed E-state index contributed by atoms with van der Waals surface area (Å²) in [4.78, 5) is 14.6. The third kappa shape index (κ3) is 2.33. The van der Waals surface area contributed by atoms with Gasteiger partial charge in [0.25, 0.3) is 5.91 Å². The molecule has 2 fully saturated rings. The fourth-order valence-electron chi connectivity index (χ4n) is 3.23. The van der Waals surface area contributed by atoms with E-state index < -0.39 is 0 Å². The molecule has 0 aromatic heterocycles. The molecule has 18 heavy (non-hydrogen) atoms. The van der Waals surface area contributed by atoms with Crippen molar-refractivity contribution in [2.24, 2.45) is 11.8 Å². The van der Waals surface area contributed by atoms with Gasteiger partial charge in [-0.1, -0.05) is 22.4 Å². The fraction of sp³-hybridized carbons (Fsp3) is 0.500. The molecule has 1 saturated heterocycles. The minimum absolute atomic E-state index is 0.204. The highest BCUT2D eigenvalue weighted by atomic mass is 127. The van der Waals surface area contributed by atoms with E-state index in [1.807, 2.05) is 18.2 Å². The SMILES string of the molecule is O=C(c1cc(Br)ccc1I)N1CC2CCCC2C1. The van der Waals surface area contributed by atoms with Gasteiger partial charge in [0, 0.05) is 21.1 Å².